The molecule has 0 aliphatic carbocycles. The summed E-state index contributed by atoms with van der Waals surface area (Å²) in [4.78, 5) is 0. The molecule has 0 N–H and O–H groups in total. The first-order chi connectivity index (χ1) is 8.20. The van der Waals surface area contributed by atoms with Crippen LogP contribution in [0.4, 0.5) is 0 Å². The van der Waals surface area contributed by atoms with Gasteiger partial charge >= 0.3 is 0 Å². The molecule has 0 radical (unpaired) electrons. The number of halogens is 2. The minimum atomic E-state index is 0.673. The third-order valence-electron chi connectivity index (χ3n) is 2.41. The number of rotatable bonds is 4. The molecule has 0 unspecified atom stereocenters. The monoisotopic (exact) mass is 330 g/mol. The number of nitrogens with zero attached hydrogens (tertiary/aromatic N) is 2. The average molecular weight is 332 g/mol. The van der Waals surface area contributed by atoms with E-state index in [2.05, 4.69) is 45.2 Å². The van der Waals surface area contributed by atoms with Crippen LogP contribution in [0.5, 0.6) is 0 Å². The quantitative estimate of drug-likeness (QED) is 0.774. The summed E-state index contributed by atoms with van der Waals surface area (Å²) in [6.07, 6.45) is 1.87. The van der Waals surface area contributed by atoms with Gasteiger partial charge in [-0.3, -0.25) is 0 Å². The number of alkyl halides is 1. The number of hydrogen-bond donors (Lipinski definition) is 0. The molecule has 5 heteroatoms. The fourth-order valence-corrected chi connectivity index (χ4v) is 3.13. The summed E-state index contributed by atoms with van der Waals surface area (Å²) in [6.45, 7) is 2.08. The van der Waals surface area contributed by atoms with E-state index in [1.165, 1.54) is 5.56 Å². The van der Waals surface area contributed by atoms with E-state index in [1.807, 2.05) is 6.07 Å². The predicted octanol–water partition coefficient (Wildman–Crippen LogP) is 4.45. The topological polar surface area (TPSA) is 25.8 Å². The summed E-state index contributed by atoms with van der Waals surface area (Å²) in [5.74, 6) is 0.673. The molecule has 0 spiro atoms. The summed E-state index contributed by atoms with van der Waals surface area (Å²) in [5, 5.41) is 10.5. The smallest absolute Gasteiger partial charge is 0.143 e. The SMILES string of the molecule is Cc1cc(Br)ccc1-c1nnc(CCCCl)s1. The second kappa shape index (κ2) is 5.94. The Morgan fingerprint density at radius 3 is 2.88 bits per heavy atom. The first kappa shape index (κ1) is 13.0. The second-order valence-corrected chi connectivity index (χ2v) is 6.11. The molecule has 2 rings (SSSR count). The molecule has 2 aromatic rings. The number of benzene rings is 1. The van der Waals surface area contributed by atoms with Crippen molar-refractivity contribution in [2.75, 3.05) is 5.88 Å². The maximum absolute atomic E-state index is 5.67. The lowest BCUT2D eigenvalue weighted by molar-refractivity contribution is 0.884. The molecular formula is C12H12BrClN2S. The highest BCUT2D eigenvalue weighted by molar-refractivity contribution is 9.10. The third-order valence-corrected chi connectivity index (χ3v) is 4.19. The first-order valence-corrected chi connectivity index (χ1v) is 7.50. The lowest BCUT2D eigenvalue weighted by atomic mass is 10.1. The average Bonchev–Trinajstić information content (AvgIpc) is 2.75. The van der Waals surface area contributed by atoms with Gasteiger partial charge in [-0.25, -0.2) is 0 Å². The van der Waals surface area contributed by atoms with Gasteiger partial charge in [0.1, 0.15) is 10.0 Å². The van der Waals surface area contributed by atoms with Gasteiger partial charge in [0.25, 0.3) is 0 Å². The third kappa shape index (κ3) is 3.27. The Kier molecular flexibility index (Phi) is 4.54. The maximum atomic E-state index is 5.67. The molecule has 0 atom stereocenters. The Labute approximate surface area is 118 Å². The summed E-state index contributed by atoms with van der Waals surface area (Å²) >= 11 is 10.8. The van der Waals surface area contributed by atoms with Crippen molar-refractivity contribution in [1.29, 1.82) is 0 Å². The second-order valence-electron chi connectivity index (χ2n) is 3.75. The molecular weight excluding hydrogens is 320 g/mol. The highest BCUT2D eigenvalue weighted by atomic mass is 79.9. The highest BCUT2D eigenvalue weighted by Crippen LogP contribution is 2.28. The molecule has 1 heterocycles. The van der Waals surface area contributed by atoms with Crippen molar-refractivity contribution in [3.8, 4) is 10.6 Å². The van der Waals surface area contributed by atoms with Gasteiger partial charge in [-0.05, 0) is 31.0 Å². The molecule has 0 saturated carbocycles. The summed E-state index contributed by atoms with van der Waals surface area (Å²) in [7, 11) is 0. The van der Waals surface area contributed by atoms with Gasteiger partial charge in [0.2, 0.25) is 0 Å². The van der Waals surface area contributed by atoms with Crippen molar-refractivity contribution >= 4 is 38.9 Å². The van der Waals surface area contributed by atoms with Crippen LogP contribution in [0.2, 0.25) is 0 Å². The fraction of sp³-hybridized carbons (Fsp3) is 0.333. The molecule has 0 saturated heterocycles. The minimum absolute atomic E-state index is 0.673. The van der Waals surface area contributed by atoms with Crippen LogP contribution in [0.1, 0.15) is 17.0 Å². The van der Waals surface area contributed by atoms with Crippen molar-refractivity contribution in [1.82, 2.24) is 10.2 Å². The van der Waals surface area contributed by atoms with Crippen molar-refractivity contribution in [3.05, 3.63) is 33.2 Å². The van der Waals surface area contributed by atoms with Crippen LogP contribution in [0, 0.1) is 6.92 Å². The largest absolute Gasteiger partial charge is 0.148 e. The van der Waals surface area contributed by atoms with Crippen molar-refractivity contribution in [3.63, 3.8) is 0 Å². The van der Waals surface area contributed by atoms with Crippen LogP contribution in [0.25, 0.3) is 10.6 Å². The van der Waals surface area contributed by atoms with Gasteiger partial charge < -0.3 is 0 Å². The van der Waals surface area contributed by atoms with E-state index in [-0.39, 0.29) is 0 Å². The van der Waals surface area contributed by atoms with Gasteiger partial charge in [-0.2, -0.15) is 0 Å². The van der Waals surface area contributed by atoms with E-state index in [0.29, 0.717) is 5.88 Å². The Morgan fingerprint density at radius 1 is 1.35 bits per heavy atom. The summed E-state index contributed by atoms with van der Waals surface area (Å²) in [6, 6.07) is 6.20. The zero-order valence-electron chi connectivity index (χ0n) is 9.41. The van der Waals surface area contributed by atoms with E-state index in [1.54, 1.807) is 11.3 Å². The van der Waals surface area contributed by atoms with E-state index in [9.17, 15) is 0 Å². The molecule has 17 heavy (non-hydrogen) atoms. The first-order valence-electron chi connectivity index (χ1n) is 5.35. The van der Waals surface area contributed by atoms with Gasteiger partial charge in [0, 0.05) is 22.3 Å². The molecule has 1 aromatic carbocycles. The molecule has 1 aromatic heterocycles. The minimum Gasteiger partial charge on any atom is -0.143 e. The molecule has 90 valence electrons. The van der Waals surface area contributed by atoms with E-state index >= 15 is 0 Å². The maximum Gasteiger partial charge on any atom is 0.148 e. The fourth-order valence-electron chi connectivity index (χ4n) is 1.55. The van der Waals surface area contributed by atoms with Gasteiger partial charge in [-0.1, -0.05) is 33.3 Å². The molecule has 2 nitrogen and oxygen atoms in total. The van der Waals surface area contributed by atoms with E-state index in [4.69, 9.17) is 11.6 Å². The van der Waals surface area contributed by atoms with Gasteiger partial charge in [-0.15, -0.1) is 21.8 Å². The number of aromatic nitrogens is 2. The zero-order chi connectivity index (χ0) is 12.3. The number of hydrogen-bond acceptors (Lipinski definition) is 3. The van der Waals surface area contributed by atoms with Crippen LogP contribution in [-0.2, 0) is 6.42 Å². The standard InChI is InChI=1S/C12H12BrClN2S/c1-8-7-9(13)4-5-10(8)12-16-15-11(17-12)3-2-6-14/h4-5,7H,2-3,6H2,1H3. The Bertz CT molecular complexity index is 513. The van der Waals surface area contributed by atoms with Crippen LogP contribution >= 0.6 is 38.9 Å². The van der Waals surface area contributed by atoms with Crippen molar-refractivity contribution < 1.29 is 0 Å². The Balaban J connectivity index is 2.24. The van der Waals surface area contributed by atoms with Crippen LogP contribution in [-0.4, -0.2) is 16.1 Å². The van der Waals surface area contributed by atoms with Crippen LogP contribution in [0.3, 0.4) is 0 Å². The lowest BCUT2D eigenvalue weighted by Crippen LogP contribution is -1.84. The molecule has 0 bridgehead atoms. The summed E-state index contributed by atoms with van der Waals surface area (Å²) < 4.78 is 1.09. The molecule has 0 amide bonds. The number of aryl methyl sites for hydroxylation is 2. The normalized spacial score (nSPS) is 10.8. The summed E-state index contributed by atoms with van der Waals surface area (Å²) in [5.41, 5.74) is 2.36. The molecule has 0 aliphatic heterocycles. The van der Waals surface area contributed by atoms with E-state index < -0.39 is 0 Å². The van der Waals surface area contributed by atoms with Crippen LogP contribution in [0.15, 0.2) is 22.7 Å². The Morgan fingerprint density at radius 2 is 2.18 bits per heavy atom. The predicted molar refractivity (Wildman–Crippen MR) is 76.8 cm³/mol. The van der Waals surface area contributed by atoms with E-state index in [0.717, 1.165) is 32.9 Å². The Hall–Kier alpha value is -0.450. The van der Waals surface area contributed by atoms with Gasteiger partial charge in [0.05, 0.1) is 0 Å². The highest BCUT2D eigenvalue weighted by Gasteiger charge is 2.09. The lowest BCUT2D eigenvalue weighted by Gasteiger charge is -2.01. The van der Waals surface area contributed by atoms with Gasteiger partial charge in [0.15, 0.2) is 0 Å². The molecule has 0 fully saturated rings. The van der Waals surface area contributed by atoms with Crippen molar-refractivity contribution in [2.45, 2.75) is 19.8 Å². The van der Waals surface area contributed by atoms with Crippen LogP contribution < -0.4 is 0 Å². The van der Waals surface area contributed by atoms with Crippen molar-refractivity contribution in [2.24, 2.45) is 0 Å². The molecule has 0 aliphatic rings. The zero-order valence-corrected chi connectivity index (χ0v) is 12.6.